The van der Waals surface area contributed by atoms with Crippen LogP contribution in [0.2, 0.25) is 0 Å². The van der Waals surface area contributed by atoms with Gasteiger partial charge < -0.3 is 10.3 Å². The SMILES string of the molecule is CC(=O)c1ccc(-c2ccnc3[nH]c(-c4n[nH]c5cnc(-c6cncc(NC(=O)C(C)C)c6)c(F)c45)nc23)s1. The Hall–Kier alpha value is -4.84. The Bertz CT molecular complexity index is 1900. The Morgan fingerprint density at radius 1 is 1.08 bits per heavy atom. The first-order chi connectivity index (χ1) is 18.8. The van der Waals surface area contributed by atoms with E-state index < -0.39 is 5.82 Å². The fourth-order valence-electron chi connectivity index (χ4n) is 4.17. The summed E-state index contributed by atoms with van der Waals surface area (Å²) >= 11 is 1.37. The standard InChI is InChI=1S/C27H21FN8O2S/c1-12(2)27(38)32-15-8-14(9-29-10-15)22-21(28)20-17(11-31-22)35-36-24(20)26-33-23-16(6-7-30-25(23)34-26)19-5-4-18(39-19)13(3)37/h4-12H,1-3H3,(H,32,38)(H,35,36)(H,30,33,34). The third-order valence-corrected chi connectivity index (χ3v) is 7.39. The molecule has 0 aliphatic heterocycles. The van der Waals surface area contributed by atoms with Crippen molar-refractivity contribution in [2.24, 2.45) is 5.92 Å². The van der Waals surface area contributed by atoms with Gasteiger partial charge >= 0.3 is 0 Å². The predicted molar refractivity (Wildman–Crippen MR) is 147 cm³/mol. The second kappa shape index (κ2) is 9.48. The number of Topliss-reactive ketones (excluding diaryl/α,β-unsaturated/α-hetero) is 1. The highest BCUT2D eigenvalue weighted by molar-refractivity contribution is 7.17. The number of aromatic nitrogens is 7. The van der Waals surface area contributed by atoms with E-state index >= 15 is 4.39 Å². The van der Waals surface area contributed by atoms with Crippen molar-refractivity contribution in [3.63, 3.8) is 0 Å². The quantitative estimate of drug-likeness (QED) is 0.233. The number of fused-ring (bicyclic) bond motifs is 2. The van der Waals surface area contributed by atoms with Gasteiger partial charge in [0.15, 0.2) is 23.1 Å². The average Bonchev–Trinajstić information content (AvgIpc) is 3.66. The van der Waals surface area contributed by atoms with E-state index in [2.05, 4.69) is 35.5 Å². The van der Waals surface area contributed by atoms with E-state index in [0.29, 0.717) is 38.6 Å². The van der Waals surface area contributed by atoms with E-state index in [-0.39, 0.29) is 34.4 Å². The molecule has 0 fully saturated rings. The Morgan fingerprint density at radius 3 is 2.69 bits per heavy atom. The van der Waals surface area contributed by atoms with Gasteiger partial charge in [-0.1, -0.05) is 13.8 Å². The zero-order chi connectivity index (χ0) is 27.3. The highest BCUT2D eigenvalue weighted by Crippen LogP contribution is 2.36. The lowest BCUT2D eigenvalue weighted by Crippen LogP contribution is -2.17. The van der Waals surface area contributed by atoms with Crippen molar-refractivity contribution < 1.29 is 14.0 Å². The molecule has 6 rings (SSSR count). The minimum atomic E-state index is -0.608. The fourth-order valence-corrected chi connectivity index (χ4v) is 5.09. The molecule has 0 saturated heterocycles. The summed E-state index contributed by atoms with van der Waals surface area (Å²) in [5.74, 6) is -0.684. The summed E-state index contributed by atoms with van der Waals surface area (Å²) in [7, 11) is 0. The number of rotatable bonds is 6. The number of nitrogens with zero attached hydrogens (tertiary/aromatic N) is 5. The Kier molecular flexibility index (Phi) is 5.95. The molecule has 6 aromatic rings. The van der Waals surface area contributed by atoms with Crippen LogP contribution in [0.1, 0.15) is 30.4 Å². The molecule has 12 heteroatoms. The van der Waals surface area contributed by atoms with Crippen LogP contribution in [0.5, 0.6) is 0 Å². The van der Waals surface area contributed by atoms with E-state index in [9.17, 15) is 9.59 Å². The van der Waals surface area contributed by atoms with Crippen LogP contribution in [0.3, 0.4) is 0 Å². The van der Waals surface area contributed by atoms with Gasteiger partial charge in [-0.25, -0.2) is 14.4 Å². The molecule has 0 spiro atoms. The van der Waals surface area contributed by atoms with Crippen LogP contribution < -0.4 is 5.32 Å². The Labute approximate surface area is 224 Å². The maximum Gasteiger partial charge on any atom is 0.226 e. The molecule has 194 valence electrons. The van der Waals surface area contributed by atoms with Gasteiger partial charge in [0.05, 0.1) is 33.9 Å². The van der Waals surface area contributed by atoms with E-state index in [1.54, 1.807) is 32.2 Å². The number of aromatic amines is 2. The van der Waals surface area contributed by atoms with E-state index in [1.165, 1.54) is 36.9 Å². The number of halogens is 1. The number of nitrogens with one attached hydrogen (secondary N) is 3. The zero-order valence-electron chi connectivity index (χ0n) is 21.0. The van der Waals surface area contributed by atoms with Crippen LogP contribution in [0.15, 0.2) is 49.1 Å². The van der Waals surface area contributed by atoms with Gasteiger partial charge in [-0.15, -0.1) is 11.3 Å². The molecule has 10 nitrogen and oxygen atoms in total. The van der Waals surface area contributed by atoms with Crippen LogP contribution in [0, 0.1) is 11.7 Å². The second-order valence-corrected chi connectivity index (χ2v) is 10.3. The molecule has 0 saturated carbocycles. The summed E-state index contributed by atoms with van der Waals surface area (Å²) in [5.41, 5.74) is 3.44. The molecule has 39 heavy (non-hydrogen) atoms. The number of ketones is 1. The van der Waals surface area contributed by atoms with Crippen molar-refractivity contribution in [1.29, 1.82) is 0 Å². The molecule has 0 radical (unpaired) electrons. The third kappa shape index (κ3) is 4.34. The van der Waals surface area contributed by atoms with Gasteiger partial charge in [-0.3, -0.25) is 24.7 Å². The van der Waals surface area contributed by atoms with Gasteiger partial charge in [-0.2, -0.15) is 5.10 Å². The predicted octanol–water partition coefficient (Wildman–Crippen LogP) is 5.62. The average molecular weight is 541 g/mol. The van der Waals surface area contributed by atoms with Crippen molar-refractivity contribution in [3.8, 4) is 33.2 Å². The number of anilines is 1. The molecule has 0 aromatic carbocycles. The Morgan fingerprint density at radius 2 is 1.92 bits per heavy atom. The van der Waals surface area contributed by atoms with E-state index in [0.717, 1.165) is 10.4 Å². The lowest BCUT2D eigenvalue weighted by molar-refractivity contribution is -0.118. The summed E-state index contributed by atoms with van der Waals surface area (Å²) in [5, 5.41) is 10.1. The van der Waals surface area contributed by atoms with Gasteiger partial charge in [0, 0.05) is 34.3 Å². The summed E-state index contributed by atoms with van der Waals surface area (Å²) in [6.07, 6.45) is 6.12. The molecule has 0 atom stereocenters. The third-order valence-electron chi connectivity index (χ3n) is 6.18. The molecule has 0 aliphatic carbocycles. The van der Waals surface area contributed by atoms with E-state index in [1.807, 2.05) is 12.1 Å². The number of pyridine rings is 3. The fraction of sp³-hybridized carbons (Fsp3) is 0.148. The Balaban J connectivity index is 1.44. The first kappa shape index (κ1) is 24.5. The number of carbonyl (C=O) groups is 2. The van der Waals surface area contributed by atoms with Crippen LogP contribution in [-0.2, 0) is 4.79 Å². The molecule has 0 bridgehead atoms. The van der Waals surface area contributed by atoms with Crippen molar-refractivity contribution >= 4 is 50.8 Å². The molecule has 0 aliphatic rings. The monoisotopic (exact) mass is 540 g/mol. The van der Waals surface area contributed by atoms with Crippen molar-refractivity contribution in [1.82, 2.24) is 35.1 Å². The number of amides is 1. The van der Waals surface area contributed by atoms with Crippen LogP contribution in [-0.4, -0.2) is 46.8 Å². The minimum Gasteiger partial charge on any atom is -0.324 e. The van der Waals surface area contributed by atoms with Gasteiger partial charge in [0.25, 0.3) is 0 Å². The molecule has 6 heterocycles. The summed E-state index contributed by atoms with van der Waals surface area (Å²) in [6, 6.07) is 7.10. The second-order valence-electron chi connectivity index (χ2n) is 9.25. The number of imidazole rings is 1. The first-order valence-corrected chi connectivity index (χ1v) is 12.9. The highest BCUT2D eigenvalue weighted by atomic mass is 32.1. The largest absolute Gasteiger partial charge is 0.324 e. The molecule has 0 unspecified atom stereocenters. The number of carbonyl (C=O) groups excluding carboxylic acids is 2. The molecule has 6 aromatic heterocycles. The number of thiophene rings is 1. The first-order valence-electron chi connectivity index (χ1n) is 12.0. The molecule has 1 amide bonds. The van der Waals surface area contributed by atoms with Crippen LogP contribution in [0.25, 0.3) is 55.3 Å². The van der Waals surface area contributed by atoms with Crippen molar-refractivity contribution in [2.45, 2.75) is 20.8 Å². The normalized spacial score (nSPS) is 11.5. The highest BCUT2D eigenvalue weighted by Gasteiger charge is 2.22. The summed E-state index contributed by atoms with van der Waals surface area (Å²) in [4.78, 5) is 46.1. The molecular weight excluding hydrogens is 519 g/mol. The van der Waals surface area contributed by atoms with Gasteiger partial charge in [0.2, 0.25) is 5.91 Å². The number of hydrogen-bond acceptors (Lipinski definition) is 8. The van der Waals surface area contributed by atoms with Gasteiger partial charge in [-0.05, 0) is 31.2 Å². The zero-order valence-corrected chi connectivity index (χ0v) is 21.9. The smallest absolute Gasteiger partial charge is 0.226 e. The minimum absolute atomic E-state index is 0.00909. The topological polar surface area (TPSA) is 142 Å². The molecular formula is C27H21FN8O2S. The number of H-pyrrole nitrogens is 2. The van der Waals surface area contributed by atoms with Crippen LogP contribution >= 0.6 is 11.3 Å². The van der Waals surface area contributed by atoms with Crippen molar-refractivity contribution in [2.75, 3.05) is 5.32 Å². The molecule has 3 N–H and O–H groups in total. The van der Waals surface area contributed by atoms with Crippen molar-refractivity contribution in [3.05, 3.63) is 59.7 Å². The number of hydrogen-bond donors (Lipinski definition) is 3. The van der Waals surface area contributed by atoms with Crippen LogP contribution in [0.4, 0.5) is 10.1 Å². The van der Waals surface area contributed by atoms with E-state index in [4.69, 9.17) is 4.98 Å². The maximum atomic E-state index is 16.0. The lowest BCUT2D eigenvalue weighted by atomic mass is 10.1. The maximum absolute atomic E-state index is 16.0. The lowest BCUT2D eigenvalue weighted by Gasteiger charge is -2.09. The van der Waals surface area contributed by atoms with Gasteiger partial charge in [0.1, 0.15) is 16.9 Å². The summed E-state index contributed by atoms with van der Waals surface area (Å²) < 4.78 is 16.0. The summed E-state index contributed by atoms with van der Waals surface area (Å²) in [6.45, 7) is 5.09.